The van der Waals surface area contributed by atoms with E-state index >= 15 is 0 Å². The van der Waals surface area contributed by atoms with Gasteiger partial charge in [0.1, 0.15) is 11.9 Å². The van der Waals surface area contributed by atoms with Gasteiger partial charge in [-0.15, -0.1) is 11.8 Å². The number of amides is 2. The highest BCUT2D eigenvalue weighted by molar-refractivity contribution is 9.10. The van der Waals surface area contributed by atoms with Crippen LogP contribution in [-0.4, -0.2) is 65.5 Å². The minimum Gasteiger partial charge on any atom is -0.366 e. The monoisotopic (exact) mass is 477 g/mol. The molecule has 4 rings (SSSR count). The molecular formula is C21H21BrFN3O2S. The summed E-state index contributed by atoms with van der Waals surface area (Å²) in [5.41, 5.74) is 1.14. The lowest BCUT2D eigenvalue weighted by Crippen LogP contribution is -2.55. The number of hydrogen-bond donors (Lipinski definition) is 0. The summed E-state index contributed by atoms with van der Waals surface area (Å²) in [6, 6.07) is 13.5. The molecule has 29 heavy (non-hydrogen) atoms. The highest BCUT2D eigenvalue weighted by Gasteiger charge is 2.38. The van der Waals surface area contributed by atoms with Crippen molar-refractivity contribution in [3.8, 4) is 0 Å². The van der Waals surface area contributed by atoms with E-state index in [1.54, 1.807) is 45.8 Å². The molecule has 2 aromatic rings. The van der Waals surface area contributed by atoms with E-state index in [0.717, 1.165) is 4.47 Å². The maximum Gasteiger partial charge on any atom is 0.255 e. The van der Waals surface area contributed by atoms with Crippen LogP contribution in [0.5, 0.6) is 0 Å². The lowest BCUT2D eigenvalue weighted by molar-refractivity contribution is -0.135. The van der Waals surface area contributed by atoms with E-state index in [0.29, 0.717) is 49.1 Å². The third-order valence-electron chi connectivity index (χ3n) is 5.28. The van der Waals surface area contributed by atoms with Crippen molar-refractivity contribution in [2.24, 2.45) is 0 Å². The van der Waals surface area contributed by atoms with Crippen LogP contribution in [-0.2, 0) is 4.79 Å². The molecule has 2 aromatic carbocycles. The Kier molecular flexibility index (Phi) is 6.10. The molecule has 2 fully saturated rings. The number of carbonyl (C=O) groups excluding carboxylic acids is 2. The van der Waals surface area contributed by atoms with Crippen LogP contribution in [0.25, 0.3) is 0 Å². The summed E-state index contributed by atoms with van der Waals surface area (Å²) in [5, 5.41) is 0. The van der Waals surface area contributed by atoms with Crippen LogP contribution in [0, 0.1) is 5.82 Å². The zero-order chi connectivity index (χ0) is 20.4. The van der Waals surface area contributed by atoms with Gasteiger partial charge in [0.2, 0.25) is 5.91 Å². The Bertz CT molecular complexity index is 920. The molecule has 1 unspecified atom stereocenters. The molecule has 0 bridgehead atoms. The molecule has 2 aliphatic heterocycles. The topological polar surface area (TPSA) is 43.9 Å². The maximum absolute atomic E-state index is 14.0. The molecule has 2 aliphatic rings. The van der Waals surface area contributed by atoms with Gasteiger partial charge in [-0.25, -0.2) is 4.39 Å². The van der Waals surface area contributed by atoms with Crippen molar-refractivity contribution in [3.05, 3.63) is 64.4 Å². The first kappa shape index (κ1) is 20.2. The molecule has 0 aromatic heterocycles. The zero-order valence-corrected chi connectivity index (χ0v) is 18.2. The van der Waals surface area contributed by atoms with Crippen LogP contribution in [0.15, 0.2) is 53.0 Å². The van der Waals surface area contributed by atoms with Gasteiger partial charge in [-0.2, -0.15) is 0 Å². The fourth-order valence-electron chi connectivity index (χ4n) is 3.72. The minimum atomic E-state index is -0.452. The zero-order valence-electron chi connectivity index (χ0n) is 15.8. The van der Waals surface area contributed by atoms with Crippen LogP contribution in [0.2, 0.25) is 0 Å². The summed E-state index contributed by atoms with van der Waals surface area (Å²) in [4.78, 5) is 31.5. The Morgan fingerprint density at radius 3 is 2.52 bits per heavy atom. The Hall–Kier alpha value is -2.06. The van der Waals surface area contributed by atoms with Gasteiger partial charge < -0.3 is 14.7 Å². The molecule has 152 valence electrons. The molecule has 0 spiro atoms. The first-order chi connectivity index (χ1) is 14.0. The predicted octanol–water partition coefficient (Wildman–Crippen LogP) is 3.45. The molecule has 1 atom stereocenters. The molecule has 2 heterocycles. The highest BCUT2D eigenvalue weighted by Crippen LogP contribution is 2.27. The molecule has 8 heteroatoms. The van der Waals surface area contributed by atoms with Gasteiger partial charge in [-0.1, -0.05) is 34.1 Å². The van der Waals surface area contributed by atoms with Crippen molar-refractivity contribution in [3.63, 3.8) is 0 Å². The number of halogens is 2. The lowest BCUT2D eigenvalue weighted by atomic mass is 10.1. The molecular weight excluding hydrogens is 457 g/mol. The van der Waals surface area contributed by atoms with Gasteiger partial charge in [0.05, 0.1) is 11.6 Å². The normalized spacial score (nSPS) is 19.5. The average molecular weight is 478 g/mol. The number of anilines is 1. The van der Waals surface area contributed by atoms with Crippen molar-refractivity contribution < 1.29 is 14.0 Å². The van der Waals surface area contributed by atoms with Crippen molar-refractivity contribution >= 4 is 45.2 Å². The van der Waals surface area contributed by atoms with Crippen molar-refractivity contribution in [1.82, 2.24) is 9.80 Å². The van der Waals surface area contributed by atoms with E-state index in [2.05, 4.69) is 15.9 Å². The number of thioether (sulfide) groups is 1. The first-order valence-electron chi connectivity index (χ1n) is 9.47. The van der Waals surface area contributed by atoms with Crippen molar-refractivity contribution in [1.29, 1.82) is 0 Å². The second-order valence-corrected chi connectivity index (χ2v) is 8.98. The van der Waals surface area contributed by atoms with Gasteiger partial charge >= 0.3 is 0 Å². The minimum absolute atomic E-state index is 0.0217. The van der Waals surface area contributed by atoms with Crippen LogP contribution in [0.4, 0.5) is 10.1 Å². The van der Waals surface area contributed by atoms with Gasteiger partial charge in [0, 0.05) is 42.0 Å². The molecule has 2 saturated heterocycles. The third kappa shape index (κ3) is 4.28. The average Bonchev–Trinajstić information content (AvgIpc) is 3.23. The second-order valence-electron chi connectivity index (χ2n) is 7.06. The van der Waals surface area contributed by atoms with Crippen molar-refractivity contribution in [2.75, 3.05) is 42.7 Å². The third-order valence-corrected chi connectivity index (χ3v) is 6.79. The summed E-state index contributed by atoms with van der Waals surface area (Å²) < 4.78 is 14.9. The molecule has 0 aliphatic carbocycles. The molecule has 0 radical (unpaired) electrons. The summed E-state index contributed by atoms with van der Waals surface area (Å²) >= 11 is 4.99. The van der Waals surface area contributed by atoms with Gasteiger partial charge in [0.15, 0.2) is 0 Å². The number of para-hydroxylation sites is 1. The smallest absolute Gasteiger partial charge is 0.255 e. The Morgan fingerprint density at radius 1 is 1.03 bits per heavy atom. The quantitative estimate of drug-likeness (QED) is 0.678. The van der Waals surface area contributed by atoms with Gasteiger partial charge in [-0.3, -0.25) is 9.59 Å². The molecule has 5 nitrogen and oxygen atoms in total. The Morgan fingerprint density at radius 2 is 1.79 bits per heavy atom. The summed E-state index contributed by atoms with van der Waals surface area (Å²) in [6.45, 7) is 2.19. The van der Waals surface area contributed by atoms with E-state index in [-0.39, 0.29) is 17.6 Å². The largest absolute Gasteiger partial charge is 0.366 e. The van der Waals surface area contributed by atoms with Crippen LogP contribution < -0.4 is 4.90 Å². The van der Waals surface area contributed by atoms with Crippen LogP contribution >= 0.6 is 27.7 Å². The van der Waals surface area contributed by atoms with Gasteiger partial charge in [0.25, 0.3) is 5.91 Å². The lowest BCUT2D eigenvalue weighted by Gasteiger charge is -2.38. The van der Waals surface area contributed by atoms with E-state index < -0.39 is 6.04 Å². The van der Waals surface area contributed by atoms with Crippen LogP contribution in [0.3, 0.4) is 0 Å². The molecule has 0 N–H and O–H groups in total. The fourth-order valence-corrected chi connectivity index (χ4v) is 5.27. The Labute approximate surface area is 182 Å². The van der Waals surface area contributed by atoms with E-state index in [4.69, 9.17) is 0 Å². The Balaban J connectivity index is 1.41. The number of benzene rings is 2. The molecule has 0 saturated carbocycles. The summed E-state index contributed by atoms with van der Waals surface area (Å²) in [5.74, 6) is 0.722. The number of nitrogens with zero attached hydrogens (tertiary/aromatic N) is 3. The second kappa shape index (κ2) is 8.75. The number of hydrogen-bond acceptors (Lipinski definition) is 4. The predicted molar refractivity (Wildman–Crippen MR) is 117 cm³/mol. The van der Waals surface area contributed by atoms with Crippen molar-refractivity contribution in [2.45, 2.75) is 6.04 Å². The fraction of sp³-hybridized carbons (Fsp3) is 0.333. The first-order valence-corrected chi connectivity index (χ1v) is 11.4. The number of carbonyl (C=O) groups is 2. The summed E-state index contributed by atoms with van der Waals surface area (Å²) in [7, 11) is 0. The number of piperazine rings is 1. The molecule has 2 amide bonds. The highest BCUT2D eigenvalue weighted by atomic mass is 79.9. The number of rotatable bonds is 3. The van der Waals surface area contributed by atoms with E-state index in [1.807, 2.05) is 23.1 Å². The van der Waals surface area contributed by atoms with Gasteiger partial charge in [-0.05, 0) is 30.3 Å². The SMILES string of the molecule is O=C(C1CSCN1C(=O)c1cccc(Br)c1)N1CCN(c2ccccc2F)CC1. The standard InChI is InChI=1S/C21H21BrFN3O2S/c22-16-5-3-4-15(12-16)20(27)26-14-29-13-19(26)21(28)25-10-8-24(9-11-25)18-7-2-1-6-17(18)23/h1-7,12,19H,8-11,13-14H2. The maximum atomic E-state index is 14.0. The van der Waals surface area contributed by atoms with E-state index in [1.165, 1.54) is 6.07 Å². The van der Waals surface area contributed by atoms with Crippen LogP contribution in [0.1, 0.15) is 10.4 Å². The summed E-state index contributed by atoms with van der Waals surface area (Å²) in [6.07, 6.45) is 0. The van der Waals surface area contributed by atoms with E-state index in [9.17, 15) is 14.0 Å².